The first-order chi connectivity index (χ1) is 8.27. The zero-order valence-corrected chi connectivity index (χ0v) is 9.84. The Hall–Kier alpha value is -1.58. The number of hydrogen-bond donors (Lipinski definition) is 2. The summed E-state index contributed by atoms with van der Waals surface area (Å²) in [7, 11) is 0. The number of benzene rings is 1. The van der Waals surface area contributed by atoms with Crippen LogP contribution in [0.4, 0.5) is 0 Å². The third-order valence-electron chi connectivity index (χ3n) is 2.58. The highest BCUT2D eigenvalue weighted by atomic mass is 16.3. The molecular weight excluding hydrogens is 214 g/mol. The van der Waals surface area contributed by atoms with Crippen LogP contribution in [0.25, 0.3) is 0 Å². The molecule has 2 unspecified atom stereocenters. The fourth-order valence-corrected chi connectivity index (χ4v) is 1.77. The van der Waals surface area contributed by atoms with Crippen molar-refractivity contribution in [2.24, 2.45) is 0 Å². The number of furan rings is 1. The Balaban J connectivity index is 2.19. The molecule has 17 heavy (non-hydrogen) atoms. The van der Waals surface area contributed by atoms with E-state index < -0.39 is 0 Å². The first kappa shape index (κ1) is 11.9. The molecule has 0 aliphatic carbocycles. The van der Waals surface area contributed by atoms with E-state index in [0.29, 0.717) is 6.54 Å². The monoisotopic (exact) mass is 231 g/mol. The van der Waals surface area contributed by atoms with E-state index in [1.54, 1.807) is 13.2 Å². The molecule has 0 amide bonds. The molecule has 1 aromatic carbocycles. The minimum absolute atomic E-state index is 0.0131. The van der Waals surface area contributed by atoms with Crippen molar-refractivity contribution in [3.8, 4) is 0 Å². The topological polar surface area (TPSA) is 45.4 Å². The van der Waals surface area contributed by atoms with Crippen LogP contribution in [0, 0.1) is 0 Å². The van der Waals surface area contributed by atoms with Gasteiger partial charge in [0, 0.05) is 6.54 Å². The van der Waals surface area contributed by atoms with Crippen LogP contribution in [0.5, 0.6) is 0 Å². The van der Waals surface area contributed by atoms with E-state index in [1.807, 2.05) is 42.5 Å². The van der Waals surface area contributed by atoms with Gasteiger partial charge in [0.1, 0.15) is 5.76 Å². The predicted octanol–water partition coefficient (Wildman–Crippen LogP) is 2.34. The van der Waals surface area contributed by atoms with Crippen LogP contribution < -0.4 is 5.32 Å². The smallest absolute Gasteiger partial charge is 0.125 e. The van der Waals surface area contributed by atoms with Crippen molar-refractivity contribution in [1.82, 2.24) is 5.32 Å². The van der Waals surface area contributed by atoms with Gasteiger partial charge in [-0.25, -0.2) is 0 Å². The molecule has 1 heterocycles. The Kier molecular flexibility index (Phi) is 3.96. The van der Waals surface area contributed by atoms with Gasteiger partial charge in [0.15, 0.2) is 0 Å². The Morgan fingerprint density at radius 2 is 1.94 bits per heavy atom. The zero-order valence-electron chi connectivity index (χ0n) is 9.84. The lowest BCUT2D eigenvalue weighted by atomic mass is 10.0. The number of hydrogen-bond acceptors (Lipinski definition) is 3. The lowest BCUT2D eigenvalue weighted by molar-refractivity contribution is 0.186. The highest BCUT2D eigenvalue weighted by Crippen LogP contribution is 2.22. The van der Waals surface area contributed by atoms with Gasteiger partial charge in [-0.05, 0) is 24.6 Å². The first-order valence-electron chi connectivity index (χ1n) is 5.77. The lowest BCUT2D eigenvalue weighted by Crippen LogP contribution is -2.29. The molecule has 0 saturated carbocycles. The number of nitrogens with one attached hydrogen (secondary N) is 1. The van der Waals surface area contributed by atoms with Crippen molar-refractivity contribution >= 4 is 0 Å². The van der Waals surface area contributed by atoms with Crippen LogP contribution in [0.15, 0.2) is 53.1 Å². The number of aliphatic hydroxyl groups excluding tert-OH is 1. The SMILES string of the molecule is CC(O)CNC(c1ccccc1)c1ccco1. The summed E-state index contributed by atoms with van der Waals surface area (Å²) in [5.41, 5.74) is 1.13. The molecule has 3 heteroatoms. The van der Waals surface area contributed by atoms with Crippen molar-refractivity contribution in [2.75, 3.05) is 6.54 Å². The van der Waals surface area contributed by atoms with Crippen LogP contribution in [0.2, 0.25) is 0 Å². The molecule has 0 spiro atoms. The van der Waals surface area contributed by atoms with Gasteiger partial charge in [0.05, 0.1) is 18.4 Å². The van der Waals surface area contributed by atoms with E-state index >= 15 is 0 Å². The van der Waals surface area contributed by atoms with Gasteiger partial charge < -0.3 is 14.8 Å². The average molecular weight is 231 g/mol. The summed E-state index contributed by atoms with van der Waals surface area (Å²) in [4.78, 5) is 0. The molecule has 0 fully saturated rings. The molecular formula is C14H17NO2. The molecule has 0 bridgehead atoms. The molecule has 2 rings (SSSR count). The van der Waals surface area contributed by atoms with Crippen molar-refractivity contribution < 1.29 is 9.52 Å². The molecule has 2 atom stereocenters. The molecule has 0 radical (unpaired) electrons. The maximum Gasteiger partial charge on any atom is 0.125 e. The van der Waals surface area contributed by atoms with Crippen LogP contribution >= 0.6 is 0 Å². The van der Waals surface area contributed by atoms with Crippen LogP contribution in [0.1, 0.15) is 24.3 Å². The third-order valence-corrected chi connectivity index (χ3v) is 2.58. The van der Waals surface area contributed by atoms with E-state index in [2.05, 4.69) is 5.32 Å². The number of rotatable bonds is 5. The summed E-state index contributed by atoms with van der Waals surface area (Å²) < 4.78 is 5.44. The molecule has 0 aliphatic rings. The summed E-state index contributed by atoms with van der Waals surface area (Å²) >= 11 is 0. The lowest BCUT2D eigenvalue weighted by Gasteiger charge is -2.18. The quantitative estimate of drug-likeness (QED) is 0.830. The predicted molar refractivity (Wildman–Crippen MR) is 66.7 cm³/mol. The van der Waals surface area contributed by atoms with Crippen molar-refractivity contribution in [3.63, 3.8) is 0 Å². The van der Waals surface area contributed by atoms with Crippen LogP contribution in [-0.2, 0) is 0 Å². The Labute approximate surface area is 101 Å². The van der Waals surface area contributed by atoms with Crippen molar-refractivity contribution in [3.05, 3.63) is 60.1 Å². The second-order valence-electron chi connectivity index (χ2n) is 4.12. The Bertz CT molecular complexity index is 423. The molecule has 90 valence electrons. The minimum atomic E-state index is -0.379. The maximum absolute atomic E-state index is 9.35. The highest BCUT2D eigenvalue weighted by molar-refractivity contribution is 5.26. The summed E-state index contributed by atoms with van der Waals surface area (Å²) in [5, 5.41) is 12.6. The standard InChI is InChI=1S/C14H17NO2/c1-11(16)10-15-14(13-8-5-9-17-13)12-6-3-2-4-7-12/h2-9,11,14-16H,10H2,1H3. The van der Waals surface area contributed by atoms with E-state index in [4.69, 9.17) is 4.42 Å². The van der Waals surface area contributed by atoms with Gasteiger partial charge in [0.2, 0.25) is 0 Å². The van der Waals surface area contributed by atoms with Crippen molar-refractivity contribution in [2.45, 2.75) is 19.1 Å². The molecule has 3 nitrogen and oxygen atoms in total. The summed E-state index contributed by atoms with van der Waals surface area (Å²) in [6, 6.07) is 13.9. The van der Waals surface area contributed by atoms with Crippen molar-refractivity contribution in [1.29, 1.82) is 0 Å². The Morgan fingerprint density at radius 1 is 1.18 bits per heavy atom. The van der Waals surface area contributed by atoms with Gasteiger partial charge in [-0.15, -0.1) is 0 Å². The average Bonchev–Trinajstić information content (AvgIpc) is 2.84. The summed E-state index contributed by atoms with van der Waals surface area (Å²) in [6.07, 6.45) is 1.28. The third kappa shape index (κ3) is 3.19. The van der Waals surface area contributed by atoms with E-state index in [-0.39, 0.29) is 12.1 Å². The second-order valence-corrected chi connectivity index (χ2v) is 4.12. The fraction of sp³-hybridized carbons (Fsp3) is 0.286. The Morgan fingerprint density at radius 3 is 2.53 bits per heavy atom. The molecule has 2 N–H and O–H groups in total. The zero-order chi connectivity index (χ0) is 12.1. The normalized spacial score (nSPS) is 14.5. The molecule has 0 aliphatic heterocycles. The van der Waals surface area contributed by atoms with Gasteiger partial charge in [-0.2, -0.15) is 0 Å². The first-order valence-corrected chi connectivity index (χ1v) is 5.77. The fourth-order valence-electron chi connectivity index (χ4n) is 1.77. The number of aliphatic hydroxyl groups is 1. The van der Waals surface area contributed by atoms with Gasteiger partial charge in [0.25, 0.3) is 0 Å². The van der Waals surface area contributed by atoms with Gasteiger partial charge in [-0.3, -0.25) is 0 Å². The van der Waals surface area contributed by atoms with Gasteiger partial charge >= 0.3 is 0 Å². The van der Waals surface area contributed by atoms with E-state index in [9.17, 15) is 5.11 Å². The van der Waals surface area contributed by atoms with E-state index in [1.165, 1.54) is 0 Å². The largest absolute Gasteiger partial charge is 0.467 e. The van der Waals surface area contributed by atoms with Crippen LogP contribution in [-0.4, -0.2) is 17.8 Å². The molecule has 1 aromatic heterocycles. The molecule has 0 saturated heterocycles. The molecule has 2 aromatic rings. The highest BCUT2D eigenvalue weighted by Gasteiger charge is 2.16. The van der Waals surface area contributed by atoms with Gasteiger partial charge in [-0.1, -0.05) is 30.3 Å². The minimum Gasteiger partial charge on any atom is -0.467 e. The summed E-state index contributed by atoms with van der Waals surface area (Å²) in [6.45, 7) is 2.29. The maximum atomic E-state index is 9.35. The second kappa shape index (κ2) is 5.66. The van der Waals surface area contributed by atoms with E-state index in [0.717, 1.165) is 11.3 Å². The van der Waals surface area contributed by atoms with Crippen LogP contribution in [0.3, 0.4) is 0 Å². The summed E-state index contributed by atoms with van der Waals surface area (Å²) in [5.74, 6) is 0.858.